The molecule has 1 aromatic rings. The molecule has 7 saturated carbocycles. The maximum absolute atomic E-state index is 14.8. The van der Waals surface area contributed by atoms with E-state index in [1.165, 1.54) is 11.0 Å². The minimum atomic E-state index is -1.19. The summed E-state index contributed by atoms with van der Waals surface area (Å²) in [5.74, 6) is -5.78. The standard InChI is InChI=1S/C39H54N6O7.2C34H56N6O7/c1-9-12-17-27(32(46)34(48)41-18-10-2)42-33(47)31-29-26(39(29,7)8)21-45(31)35(49)30(25-19-23-15-13-14-16-24(23)20-25)44-36(50)43-28(38(4,5)6)22-52-37(51)40-11-3;1-8-36-31(46)47-18-22(32(2,3)4)38-30(45)39-26(34(7)14-10-9-11-15-34)29(44)40-17-20-23(33(20,5)6)24(40)28(43)37-21(16-19-12-13-19)25(41)27(35)42;1-7-36-32(46)47-18-23(33(2,3)4)38-31(45)39-25(20-14-9-8-10-15-20)30(44)40-17-21-24(34(21,5)6)26(40)29(43)37-22(27(41)28(35)42)16-19-12-11-13-19/h1,10,13-16,25-31H,2,11-12,17-22H2,3-8H3,(H,40,51)(H,41,48)(H,42,47)(H2,43,44,50);19-24,26H,8-18H2,1-7H3,(H2,35,42)(H,36,46)(H,37,43)(H2,38,39,45);19-26H,7-18H2,1-6H3,(H2,35,42)(H,36,46)(H,37,43)(H2,38,39,45)/t26-,27?,28+,29-,30-,31-;20-,21?,22+,23-,24-,26+;21-,22?,23+,24-,25-,26-/m000/s1. The molecule has 146 heavy (non-hydrogen) atoms. The lowest BCUT2D eigenvalue weighted by Crippen LogP contribution is -2.63. The number of amides is 18. The van der Waals surface area contributed by atoms with Gasteiger partial charge in [0.1, 0.15) is 56.1 Å². The molecule has 0 aromatic heterocycles. The number of nitrogens with two attached hydrogens (primary N) is 2. The number of alkyl carbamates (subject to hydrolysis) is 3. The molecule has 10 fully saturated rings. The summed E-state index contributed by atoms with van der Waals surface area (Å²) >= 11 is 0. The number of piperidine rings is 3. The van der Waals surface area contributed by atoms with Gasteiger partial charge in [-0.3, -0.25) is 57.5 Å². The number of urea groups is 3. The second kappa shape index (κ2) is 49.0. The molecule has 17 N–H and O–H groups in total. The molecule has 39 nitrogen and oxygen atoms in total. The minimum Gasteiger partial charge on any atom is -0.447 e. The van der Waals surface area contributed by atoms with E-state index in [1.54, 1.807) is 30.6 Å². The van der Waals surface area contributed by atoms with Gasteiger partial charge in [-0.25, -0.2) is 28.8 Å². The van der Waals surface area contributed by atoms with Crippen LogP contribution in [0.15, 0.2) is 36.9 Å². The summed E-state index contributed by atoms with van der Waals surface area (Å²) in [5.41, 5.74) is 10.3. The van der Waals surface area contributed by atoms with Crippen molar-refractivity contribution in [3.8, 4) is 12.3 Å². The van der Waals surface area contributed by atoms with Crippen LogP contribution >= 0.6 is 0 Å². The SMILES string of the molecule is C#CCCC(NC(=O)[C@@H]1[C@@H]2[C@H](CN1C(=O)[C@@H](NC(=O)N[C@H](COC(=O)NCC)C(C)(C)C)C1Cc3ccccc3C1)C2(C)C)C(=O)C(=O)NCC=C.CCNC(=O)OC[C@@H](NC(=O)N[C@H](C(=O)N1C[C@H]2[C@@H]([C@H]1C(=O)NC(CC1CC1)C(=O)C(N)=O)C2(C)C)C1(C)CCCCC1)C(C)(C)C.CCNC(=O)OC[C@@H](NC(=O)N[C@H](C(=O)N1C[C@H]2[C@@H]([C@H]1C(=O)NC(CC1CCC1)C(=O)C(N)=O)C2(C)C)C1CCCCC1)C(C)(C)C. The molecule has 39 heteroatoms. The van der Waals surface area contributed by atoms with Crippen LogP contribution in [0.5, 0.6) is 0 Å². The molecular formula is C107H166N18O21. The van der Waals surface area contributed by atoms with E-state index in [1.807, 2.05) is 107 Å². The predicted molar refractivity (Wildman–Crippen MR) is 545 cm³/mol. The van der Waals surface area contributed by atoms with Gasteiger partial charge in [0, 0.05) is 52.2 Å². The summed E-state index contributed by atoms with van der Waals surface area (Å²) in [4.78, 5) is 243. The molecule has 18 atom stereocenters. The zero-order chi connectivity index (χ0) is 108. The highest BCUT2D eigenvalue weighted by Gasteiger charge is 2.73. The smallest absolute Gasteiger partial charge is 0.407 e. The average Bonchev–Trinajstić information content (AvgIpc) is 1.53. The van der Waals surface area contributed by atoms with E-state index in [4.69, 9.17) is 32.1 Å². The lowest BCUT2D eigenvalue weighted by Gasteiger charge is -2.43. The van der Waals surface area contributed by atoms with Crippen molar-refractivity contribution in [3.05, 3.63) is 48.0 Å². The normalized spacial score (nSPS) is 24.3. The van der Waals surface area contributed by atoms with Crippen LogP contribution in [0.2, 0.25) is 0 Å². The van der Waals surface area contributed by atoms with Crippen LogP contribution in [0.25, 0.3) is 0 Å². The Morgan fingerprint density at radius 2 is 0.801 bits per heavy atom. The monoisotopic (exact) mass is 2040 g/mol. The number of Topliss-reactive ketones (excluding diaryl/α,β-unsaturated/α-hetero) is 3. The van der Waals surface area contributed by atoms with Gasteiger partial charge in [-0.05, 0) is 187 Å². The van der Waals surface area contributed by atoms with Crippen LogP contribution < -0.4 is 80.6 Å². The number of primary amides is 2. The van der Waals surface area contributed by atoms with Gasteiger partial charge in [0.2, 0.25) is 52.8 Å². The number of ether oxygens (including phenoxy) is 3. The van der Waals surface area contributed by atoms with E-state index >= 15 is 0 Å². The van der Waals surface area contributed by atoms with E-state index in [9.17, 15) is 86.3 Å². The third-order valence-electron chi connectivity index (χ3n) is 33.1. The van der Waals surface area contributed by atoms with Crippen molar-refractivity contribution in [2.75, 3.05) is 65.6 Å². The molecule has 3 unspecified atom stereocenters. The summed E-state index contributed by atoms with van der Waals surface area (Å²) in [7, 11) is 0. The summed E-state index contributed by atoms with van der Waals surface area (Å²) < 4.78 is 16.0. The van der Waals surface area contributed by atoms with Gasteiger partial charge in [0.05, 0.1) is 36.3 Å². The fourth-order valence-corrected chi connectivity index (χ4v) is 23.0. The number of nitrogens with zero attached hydrogens (tertiary/aromatic N) is 3. The van der Waals surface area contributed by atoms with Gasteiger partial charge < -0.3 is 109 Å². The minimum absolute atomic E-state index is 0.0230. The molecule has 18 amide bonds. The molecule has 3 saturated heterocycles. The number of carbonyl (C=O) groups excluding carboxylic acids is 18. The third kappa shape index (κ3) is 29.1. The highest BCUT2D eigenvalue weighted by Crippen LogP contribution is 2.67. The number of ketones is 3. The topological polar surface area (TPSA) is 553 Å². The molecule has 0 radical (unpaired) electrons. The Labute approximate surface area is 860 Å². The van der Waals surface area contributed by atoms with E-state index in [0.717, 1.165) is 107 Å². The van der Waals surface area contributed by atoms with Gasteiger partial charge in [-0.1, -0.05) is 212 Å². The number of nitrogens with one attached hydrogen (secondary N) is 13. The van der Waals surface area contributed by atoms with Crippen molar-refractivity contribution >= 4 is 107 Å². The maximum atomic E-state index is 14.8. The van der Waals surface area contributed by atoms with E-state index in [2.05, 4.69) is 109 Å². The Morgan fingerprint density at radius 3 is 1.14 bits per heavy atom. The Hall–Kier alpha value is -11.6. The van der Waals surface area contributed by atoms with Gasteiger partial charge in [-0.15, -0.1) is 18.9 Å². The van der Waals surface area contributed by atoms with Crippen molar-refractivity contribution in [1.29, 1.82) is 0 Å². The van der Waals surface area contributed by atoms with Crippen LogP contribution in [0.3, 0.4) is 0 Å². The van der Waals surface area contributed by atoms with Crippen molar-refractivity contribution < 1.29 is 101 Å². The Kier molecular flexibility index (Phi) is 39.0. The molecule has 12 rings (SSSR count). The summed E-state index contributed by atoms with van der Waals surface area (Å²) in [6, 6.07) is -4.17. The molecular weight excluding hydrogens is 1870 g/mol. The fourth-order valence-electron chi connectivity index (χ4n) is 23.0. The predicted octanol–water partition coefficient (Wildman–Crippen LogP) is 7.70. The molecule has 1 aromatic carbocycles. The summed E-state index contributed by atoms with van der Waals surface area (Å²) in [5, 5.41) is 36.3. The van der Waals surface area contributed by atoms with Crippen LogP contribution in [0.4, 0.5) is 28.8 Å². The summed E-state index contributed by atoms with van der Waals surface area (Å²) in [6.45, 7) is 42.6. The number of fused-ring (bicyclic) bond motifs is 4. The first-order chi connectivity index (χ1) is 68.5. The summed E-state index contributed by atoms with van der Waals surface area (Å²) in [6.07, 6.45) is 20.6. The number of hydrogen-bond donors (Lipinski definition) is 15. The Bertz CT molecular complexity index is 4960. The third-order valence-corrected chi connectivity index (χ3v) is 33.1. The zero-order valence-corrected chi connectivity index (χ0v) is 89.4. The van der Waals surface area contributed by atoms with Crippen LogP contribution in [0, 0.1) is 109 Å². The first kappa shape index (κ1) is 116. The molecule has 810 valence electrons. The molecule has 3 aliphatic heterocycles. The highest BCUT2D eigenvalue weighted by atomic mass is 16.6. The van der Waals surface area contributed by atoms with Crippen LogP contribution in [-0.4, -0.2) is 260 Å². The van der Waals surface area contributed by atoms with E-state index in [0.29, 0.717) is 65.0 Å². The van der Waals surface area contributed by atoms with Crippen molar-refractivity contribution in [2.45, 2.75) is 339 Å². The number of likely N-dealkylation sites (tertiary alicyclic amines) is 3. The fraction of sp³-hybridized carbons (Fsp3) is 0.738. The number of carbonyl (C=O) groups is 18. The number of terminal acetylenes is 1. The van der Waals surface area contributed by atoms with Crippen molar-refractivity contribution in [2.24, 2.45) is 109 Å². The molecule has 3 heterocycles. The molecule has 0 spiro atoms. The second-order valence-corrected chi connectivity index (χ2v) is 47.6. The molecule has 11 aliphatic rings. The largest absolute Gasteiger partial charge is 0.447 e. The van der Waals surface area contributed by atoms with Crippen LogP contribution in [0.1, 0.15) is 265 Å². The molecule has 0 bridgehead atoms. The zero-order valence-electron chi connectivity index (χ0n) is 89.4. The lowest BCUT2D eigenvalue weighted by atomic mass is 9.70. The van der Waals surface area contributed by atoms with Gasteiger partial charge in [0.15, 0.2) is 0 Å². The van der Waals surface area contributed by atoms with Crippen molar-refractivity contribution in [3.63, 3.8) is 0 Å². The Balaban J connectivity index is 0.000000225. The number of hydrogen-bond acceptors (Lipinski definition) is 21. The van der Waals surface area contributed by atoms with E-state index in [-0.39, 0.29) is 126 Å². The van der Waals surface area contributed by atoms with Crippen molar-refractivity contribution in [1.82, 2.24) is 83.8 Å². The van der Waals surface area contributed by atoms with Crippen LogP contribution in [-0.2, 0) is 84.6 Å². The quantitative estimate of drug-likeness (QED) is 0.0129. The first-order valence-corrected chi connectivity index (χ1v) is 52.9. The maximum Gasteiger partial charge on any atom is 0.407 e. The van der Waals surface area contributed by atoms with Gasteiger partial charge >= 0.3 is 36.4 Å². The molecule has 8 aliphatic carbocycles. The first-order valence-electron chi connectivity index (χ1n) is 52.9. The Morgan fingerprint density at radius 1 is 0.445 bits per heavy atom. The lowest BCUT2D eigenvalue weighted by molar-refractivity contribution is -0.146. The second-order valence-electron chi connectivity index (χ2n) is 47.6. The average molecular weight is 2040 g/mol. The highest BCUT2D eigenvalue weighted by molar-refractivity contribution is 6.39. The van der Waals surface area contributed by atoms with E-state index < -0.39 is 189 Å². The van der Waals surface area contributed by atoms with Gasteiger partial charge in [0.25, 0.3) is 17.7 Å². The van der Waals surface area contributed by atoms with Gasteiger partial charge in [-0.2, -0.15) is 0 Å². The number of benzene rings is 1. The number of rotatable bonds is 41.